The number of nitriles is 1. The molecule has 1 fully saturated rings. The summed E-state index contributed by atoms with van der Waals surface area (Å²) in [5.74, 6) is -0.169. The van der Waals surface area contributed by atoms with Crippen LogP contribution in [0.15, 0.2) is 48.5 Å². The highest BCUT2D eigenvalue weighted by Gasteiger charge is 2.52. The maximum atomic E-state index is 12.2. The molecule has 0 spiro atoms. The van der Waals surface area contributed by atoms with Gasteiger partial charge in [0.2, 0.25) is 0 Å². The predicted octanol–water partition coefficient (Wildman–Crippen LogP) is 7.59. The van der Waals surface area contributed by atoms with Gasteiger partial charge in [-0.2, -0.15) is 5.26 Å². The average molecular weight is 448 g/mol. The van der Waals surface area contributed by atoms with E-state index < -0.39 is 11.4 Å². The molecular weight excluding hydrogens is 410 g/mol. The molecular formula is C29H37NO3. The second-order valence-corrected chi connectivity index (χ2v) is 9.34. The van der Waals surface area contributed by atoms with E-state index in [9.17, 15) is 15.2 Å². The van der Waals surface area contributed by atoms with Crippen LogP contribution in [0.25, 0.3) is 11.1 Å². The maximum absolute atomic E-state index is 12.2. The lowest BCUT2D eigenvalue weighted by atomic mass is 9.59. The molecule has 4 nitrogen and oxygen atoms in total. The van der Waals surface area contributed by atoms with Crippen LogP contribution in [0.3, 0.4) is 0 Å². The fourth-order valence-electron chi connectivity index (χ4n) is 5.30. The van der Waals surface area contributed by atoms with Gasteiger partial charge in [0.1, 0.15) is 5.75 Å². The molecule has 1 N–H and O–H groups in total. The van der Waals surface area contributed by atoms with Gasteiger partial charge in [-0.3, -0.25) is 4.79 Å². The SMILES string of the molecule is CCCCCCCOc1ccc(-c2ccc(C3C(CC)CCCC3(C#N)C(=O)O)cc2)cc1. The normalized spacial score (nSPS) is 22.5. The Bertz CT molecular complexity index is 929. The Morgan fingerprint density at radius 1 is 1.03 bits per heavy atom. The number of benzene rings is 2. The van der Waals surface area contributed by atoms with Crippen molar-refractivity contribution in [3.63, 3.8) is 0 Å². The van der Waals surface area contributed by atoms with Crippen molar-refractivity contribution in [2.75, 3.05) is 6.61 Å². The summed E-state index contributed by atoms with van der Waals surface area (Å²) in [5.41, 5.74) is 1.79. The number of aliphatic carboxylic acids is 1. The lowest BCUT2D eigenvalue weighted by Crippen LogP contribution is -2.42. The Morgan fingerprint density at radius 2 is 1.67 bits per heavy atom. The number of carboxylic acids is 1. The number of hydrogen-bond donors (Lipinski definition) is 1. The average Bonchev–Trinajstić information content (AvgIpc) is 2.86. The second kappa shape index (κ2) is 11.9. The van der Waals surface area contributed by atoms with Crippen LogP contribution in [-0.2, 0) is 4.79 Å². The van der Waals surface area contributed by atoms with Crippen LogP contribution in [0.2, 0.25) is 0 Å². The third-order valence-corrected chi connectivity index (χ3v) is 7.23. The minimum atomic E-state index is -1.34. The van der Waals surface area contributed by atoms with Gasteiger partial charge in [-0.05, 0) is 54.0 Å². The Hall–Kier alpha value is -2.80. The molecule has 1 saturated carbocycles. The number of ether oxygens (including phenoxy) is 1. The molecule has 1 aliphatic carbocycles. The van der Waals surface area contributed by atoms with Gasteiger partial charge < -0.3 is 9.84 Å². The second-order valence-electron chi connectivity index (χ2n) is 9.34. The summed E-state index contributed by atoms with van der Waals surface area (Å²) in [4.78, 5) is 12.2. The van der Waals surface area contributed by atoms with Gasteiger partial charge in [0.15, 0.2) is 5.41 Å². The van der Waals surface area contributed by atoms with E-state index in [-0.39, 0.29) is 11.8 Å². The summed E-state index contributed by atoms with van der Waals surface area (Å²) in [6.07, 6.45) is 9.18. The van der Waals surface area contributed by atoms with Crippen LogP contribution in [0.1, 0.15) is 83.1 Å². The molecule has 0 bridgehead atoms. The van der Waals surface area contributed by atoms with E-state index in [1.807, 2.05) is 36.4 Å². The van der Waals surface area contributed by atoms with E-state index in [1.54, 1.807) is 0 Å². The largest absolute Gasteiger partial charge is 0.494 e. The summed E-state index contributed by atoms with van der Waals surface area (Å²) in [7, 11) is 0. The summed E-state index contributed by atoms with van der Waals surface area (Å²) in [5, 5.41) is 19.9. The first-order valence-electron chi connectivity index (χ1n) is 12.5. The van der Waals surface area contributed by atoms with E-state index in [1.165, 1.54) is 25.7 Å². The molecule has 3 unspecified atom stereocenters. The zero-order chi connectivity index (χ0) is 23.7. The van der Waals surface area contributed by atoms with Crippen LogP contribution < -0.4 is 4.74 Å². The zero-order valence-electron chi connectivity index (χ0n) is 20.1. The molecule has 2 aromatic carbocycles. The van der Waals surface area contributed by atoms with Gasteiger partial charge in [0, 0.05) is 5.92 Å². The van der Waals surface area contributed by atoms with Crippen molar-refractivity contribution in [2.24, 2.45) is 11.3 Å². The van der Waals surface area contributed by atoms with Gasteiger partial charge in [0.25, 0.3) is 0 Å². The quantitative estimate of drug-likeness (QED) is 0.360. The molecule has 0 amide bonds. The Morgan fingerprint density at radius 3 is 2.24 bits per heavy atom. The van der Waals surface area contributed by atoms with E-state index in [0.717, 1.165) is 54.7 Å². The van der Waals surface area contributed by atoms with Crippen molar-refractivity contribution in [2.45, 2.75) is 77.6 Å². The number of carbonyl (C=O) groups is 1. The lowest BCUT2D eigenvalue weighted by Gasteiger charge is -2.41. The third-order valence-electron chi connectivity index (χ3n) is 7.23. The molecule has 0 aromatic heterocycles. The fourth-order valence-corrected chi connectivity index (χ4v) is 5.30. The van der Waals surface area contributed by atoms with Crippen molar-refractivity contribution in [3.8, 4) is 22.9 Å². The summed E-state index contributed by atoms with van der Waals surface area (Å²) in [6.45, 7) is 5.07. The van der Waals surface area contributed by atoms with Crippen molar-refractivity contribution in [1.82, 2.24) is 0 Å². The molecule has 176 valence electrons. The summed E-state index contributed by atoms with van der Waals surface area (Å²) in [6, 6.07) is 18.5. The molecule has 3 rings (SSSR count). The van der Waals surface area contributed by atoms with Crippen molar-refractivity contribution < 1.29 is 14.6 Å². The van der Waals surface area contributed by atoms with Gasteiger partial charge >= 0.3 is 5.97 Å². The van der Waals surface area contributed by atoms with Crippen molar-refractivity contribution in [3.05, 3.63) is 54.1 Å². The third kappa shape index (κ3) is 5.77. The molecule has 2 aromatic rings. The molecule has 33 heavy (non-hydrogen) atoms. The van der Waals surface area contributed by atoms with Crippen molar-refractivity contribution >= 4 is 5.97 Å². The van der Waals surface area contributed by atoms with Gasteiger partial charge in [0.05, 0.1) is 12.7 Å². The standard InChI is InChI=1S/C29H37NO3/c1-3-5-6-7-8-20-33-26-17-15-24(16-18-26)23-11-13-25(14-12-23)27-22(4-2)10-9-19-29(27,21-30)28(31)32/h11-18,22,27H,3-10,19-20H2,1-2H3,(H,31,32). The minimum Gasteiger partial charge on any atom is -0.494 e. The lowest BCUT2D eigenvalue weighted by molar-refractivity contribution is -0.149. The van der Waals surface area contributed by atoms with Crippen LogP contribution in [0, 0.1) is 22.7 Å². The van der Waals surface area contributed by atoms with Crippen LogP contribution in [0.5, 0.6) is 5.75 Å². The number of unbranched alkanes of at least 4 members (excludes halogenated alkanes) is 4. The smallest absolute Gasteiger partial charge is 0.324 e. The van der Waals surface area contributed by atoms with Gasteiger partial charge in [-0.1, -0.05) is 88.8 Å². The molecule has 0 saturated heterocycles. The Kier molecular flexibility index (Phi) is 8.95. The van der Waals surface area contributed by atoms with Gasteiger partial charge in [-0.25, -0.2) is 0 Å². The van der Waals surface area contributed by atoms with Crippen LogP contribution >= 0.6 is 0 Å². The van der Waals surface area contributed by atoms with E-state index >= 15 is 0 Å². The first-order valence-corrected chi connectivity index (χ1v) is 12.5. The number of rotatable bonds is 11. The monoisotopic (exact) mass is 447 g/mol. The first kappa shape index (κ1) is 24.8. The van der Waals surface area contributed by atoms with Crippen LogP contribution in [-0.4, -0.2) is 17.7 Å². The van der Waals surface area contributed by atoms with Crippen molar-refractivity contribution in [1.29, 1.82) is 5.26 Å². The number of nitrogens with zero attached hydrogens (tertiary/aromatic N) is 1. The Balaban J connectivity index is 1.70. The topological polar surface area (TPSA) is 70.3 Å². The van der Waals surface area contributed by atoms with E-state index in [2.05, 4.69) is 32.0 Å². The highest BCUT2D eigenvalue weighted by Crippen LogP contribution is 2.51. The first-order chi connectivity index (χ1) is 16.1. The summed E-state index contributed by atoms with van der Waals surface area (Å²) < 4.78 is 5.87. The molecule has 1 aliphatic rings. The fraction of sp³-hybridized carbons (Fsp3) is 0.517. The zero-order valence-corrected chi connectivity index (χ0v) is 20.1. The predicted molar refractivity (Wildman–Crippen MR) is 132 cm³/mol. The molecule has 4 heteroatoms. The molecule has 0 heterocycles. The molecule has 3 atom stereocenters. The van der Waals surface area contributed by atoms with E-state index in [0.29, 0.717) is 6.42 Å². The number of hydrogen-bond acceptors (Lipinski definition) is 3. The molecule has 0 aliphatic heterocycles. The summed E-state index contributed by atoms with van der Waals surface area (Å²) >= 11 is 0. The minimum absolute atomic E-state index is 0.207. The van der Waals surface area contributed by atoms with Gasteiger partial charge in [-0.15, -0.1) is 0 Å². The van der Waals surface area contributed by atoms with E-state index in [4.69, 9.17) is 4.74 Å². The highest BCUT2D eigenvalue weighted by molar-refractivity contribution is 5.80. The Labute approximate surface area is 198 Å². The number of carboxylic acid groups (broad SMARTS) is 1. The maximum Gasteiger partial charge on any atom is 0.324 e. The molecule has 0 radical (unpaired) electrons. The van der Waals surface area contributed by atoms with Crippen LogP contribution in [0.4, 0.5) is 0 Å². The highest BCUT2D eigenvalue weighted by atomic mass is 16.5.